The number of halogens is 3. The molecule has 1 atom stereocenters. The number of hydrogen-bond donors (Lipinski definition) is 2. The summed E-state index contributed by atoms with van der Waals surface area (Å²) in [6.07, 6.45) is -4.29. The highest BCUT2D eigenvalue weighted by atomic mass is 19.4. The van der Waals surface area contributed by atoms with E-state index in [1.54, 1.807) is 24.3 Å². The van der Waals surface area contributed by atoms with Gasteiger partial charge >= 0.3 is 12.1 Å². The van der Waals surface area contributed by atoms with E-state index in [0.717, 1.165) is 5.56 Å². The van der Waals surface area contributed by atoms with Crippen molar-refractivity contribution in [1.82, 2.24) is 5.32 Å². The largest absolute Gasteiger partial charge is 0.496 e. The summed E-state index contributed by atoms with van der Waals surface area (Å²) in [7, 11) is 1.51. The molecule has 0 amide bonds. The molecule has 0 saturated heterocycles. The Morgan fingerprint density at radius 1 is 1.40 bits per heavy atom. The van der Waals surface area contributed by atoms with Crippen molar-refractivity contribution < 1.29 is 27.8 Å². The first-order chi connectivity index (χ1) is 9.36. The summed E-state index contributed by atoms with van der Waals surface area (Å²) < 4.78 is 42.3. The molecule has 2 N–H and O–H groups in total. The minimum absolute atomic E-state index is 0.236. The average Bonchev–Trinajstić information content (AvgIpc) is 2.36. The Morgan fingerprint density at radius 3 is 2.60 bits per heavy atom. The summed E-state index contributed by atoms with van der Waals surface area (Å²) in [6.45, 7) is -0.409. The van der Waals surface area contributed by atoms with Gasteiger partial charge in [0.25, 0.3) is 0 Å². The van der Waals surface area contributed by atoms with Crippen molar-refractivity contribution in [1.29, 1.82) is 0 Å². The van der Waals surface area contributed by atoms with Crippen LogP contribution < -0.4 is 10.1 Å². The Hall–Kier alpha value is -1.76. The molecule has 0 heterocycles. The molecule has 0 bridgehead atoms. The minimum atomic E-state index is -4.75. The van der Waals surface area contributed by atoms with E-state index in [-0.39, 0.29) is 6.54 Å². The molecule has 0 radical (unpaired) electrons. The minimum Gasteiger partial charge on any atom is -0.496 e. The summed E-state index contributed by atoms with van der Waals surface area (Å²) >= 11 is 0. The number of alkyl halides is 3. The third-order valence-electron chi connectivity index (χ3n) is 2.81. The van der Waals surface area contributed by atoms with E-state index in [1.165, 1.54) is 7.11 Å². The van der Waals surface area contributed by atoms with Gasteiger partial charge < -0.3 is 15.2 Å². The lowest BCUT2D eigenvalue weighted by Gasteiger charge is -2.16. The fourth-order valence-corrected chi connectivity index (χ4v) is 1.72. The number of ether oxygens (including phenoxy) is 1. The molecule has 1 aromatic carbocycles. The van der Waals surface area contributed by atoms with E-state index < -0.39 is 24.6 Å². The van der Waals surface area contributed by atoms with Crippen molar-refractivity contribution >= 4 is 5.97 Å². The van der Waals surface area contributed by atoms with Crippen LogP contribution in [0.5, 0.6) is 5.75 Å². The third-order valence-corrected chi connectivity index (χ3v) is 2.81. The monoisotopic (exact) mass is 291 g/mol. The number of benzene rings is 1. The molecule has 0 aromatic heterocycles. The van der Waals surface area contributed by atoms with Crippen LogP contribution in [0.15, 0.2) is 24.3 Å². The predicted octanol–water partition coefficient (Wildman–Crippen LogP) is 2.09. The zero-order valence-corrected chi connectivity index (χ0v) is 10.9. The molecule has 0 aliphatic heterocycles. The Kier molecular flexibility index (Phi) is 5.82. The molecule has 1 rings (SSSR count). The Bertz CT molecular complexity index is 449. The van der Waals surface area contributed by atoms with Crippen LogP contribution in [0.1, 0.15) is 5.56 Å². The lowest BCUT2D eigenvalue weighted by Crippen LogP contribution is -2.39. The van der Waals surface area contributed by atoms with Gasteiger partial charge in [-0.05, 0) is 24.6 Å². The highest BCUT2D eigenvalue weighted by molar-refractivity contribution is 5.71. The molecule has 0 aliphatic carbocycles. The number of carboxylic acid groups (broad SMARTS) is 1. The second-order valence-electron chi connectivity index (χ2n) is 4.20. The number of methoxy groups -OCH3 is 1. The molecule has 0 saturated carbocycles. The van der Waals surface area contributed by atoms with Crippen LogP contribution in [0.2, 0.25) is 0 Å². The van der Waals surface area contributed by atoms with E-state index in [9.17, 15) is 18.0 Å². The van der Waals surface area contributed by atoms with Crippen LogP contribution in [0.4, 0.5) is 13.2 Å². The molecule has 1 unspecified atom stereocenters. The van der Waals surface area contributed by atoms with Crippen LogP contribution in [0.3, 0.4) is 0 Å². The lowest BCUT2D eigenvalue weighted by molar-refractivity contribution is -0.192. The lowest BCUT2D eigenvalue weighted by atomic mass is 10.1. The van der Waals surface area contributed by atoms with Crippen LogP contribution in [-0.2, 0) is 11.2 Å². The van der Waals surface area contributed by atoms with Crippen molar-refractivity contribution in [2.24, 2.45) is 5.92 Å². The van der Waals surface area contributed by atoms with Crippen molar-refractivity contribution in [3.8, 4) is 5.75 Å². The summed E-state index contributed by atoms with van der Waals surface area (Å²) in [5, 5.41) is 11.0. The molecule has 20 heavy (non-hydrogen) atoms. The molecule has 7 heteroatoms. The summed E-state index contributed by atoms with van der Waals surface area (Å²) in [5.74, 6) is -3.61. The van der Waals surface area contributed by atoms with E-state index in [1.807, 2.05) is 0 Å². The van der Waals surface area contributed by atoms with Crippen LogP contribution in [0, 0.1) is 5.92 Å². The SMILES string of the molecule is COc1ccccc1CCNCC(C(=O)O)C(F)(F)F. The van der Waals surface area contributed by atoms with Gasteiger partial charge in [-0.2, -0.15) is 13.2 Å². The standard InChI is InChI=1S/C13H16F3NO3/c1-20-11-5-3-2-4-9(11)6-7-17-8-10(12(18)19)13(14,15)16/h2-5,10,17H,6-8H2,1H3,(H,18,19). The summed E-state index contributed by atoms with van der Waals surface area (Å²) in [4.78, 5) is 10.5. The Morgan fingerprint density at radius 2 is 2.05 bits per heavy atom. The van der Waals surface area contributed by atoms with Crippen molar-refractivity contribution in [3.05, 3.63) is 29.8 Å². The van der Waals surface area contributed by atoms with E-state index in [4.69, 9.17) is 9.84 Å². The zero-order chi connectivity index (χ0) is 15.2. The number of carboxylic acids is 1. The maximum atomic E-state index is 12.4. The highest BCUT2D eigenvalue weighted by Crippen LogP contribution is 2.25. The van der Waals surface area contributed by atoms with Crippen LogP contribution >= 0.6 is 0 Å². The van der Waals surface area contributed by atoms with Crippen molar-refractivity contribution in [2.75, 3.05) is 20.2 Å². The topological polar surface area (TPSA) is 58.6 Å². The Balaban J connectivity index is 2.46. The normalized spacial score (nSPS) is 13.0. The number of hydrogen-bond acceptors (Lipinski definition) is 3. The molecule has 1 aromatic rings. The maximum Gasteiger partial charge on any atom is 0.403 e. The van der Waals surface area contributed by atoms with Gasteiger partial charge in [0.15, 0.2) is 5.92 Å². The molecule has 0 spiro atoms. The maximum absolute atomic E-state index is 12.4. The summed E-state index contributed by atoms with van der Waals surface area (Å²) in [5.41, 5.74) is 0.849. The molecule has 112 valence electrons. The van der Waals surface area contributed by atoms with Crippen LogP contribution in [-0.4, -0.2) is 37.5 Å². The fourth-order valence-electron chi connectivity index (χ4n) is 1.72. The third kappa shape index (κ3) is 4.73. The quantitative estimate of drug-likeness (QED) is 0.755. The van der Waals surface area contributed by atoms with Gasteiger partial charge in [-0.1, -0.05) is 18.2 Å². The predicted molar refractivity (Wildman–Crippen MR) is 66.7 cm³/mol. The Labute approximate surface area is 114 Å². The van der Waals surface area contributed by atoms with Gasteiger partial charge in [0, 0.05) is 6.54 Å². The van der Waals surface area contributed by atoms with Gasteiger partial charge in [-0.15, -0.1) is 0 Å². The van der Waals surface area contributed by atoms with E-state index >= 15 is 0 Å². The van der Waals surface area contributed by atoms with E-state index in [0.29, 0.717) is 12.2 Å². The molecule has 0 fully saturated rings. The molecule has 4 nitrogen and oxygen atoms in total. The number of nitrogens with one attached hydrogen (secondary N) is 1. The first-order valence-corrected chi connectivity index (χ1v) is 5.98. The van der Waals surface area contributed by atoms with Gasteiger partial charge in [0.2, 0.25) is 0 Å². The fraction of sp³-hybridized carbons (Fsp3) is 0.462. The smallest absolute Gasteiger partial charge is 0.403 e. The van der Waals surface area contributed by atoms with E-state index in [2.05, 4.69) is 5.32 Å². The van der Waals surface area contributed by atoms with Gasteiger partial charge in [0.1, 0.15) is 5.75 Å². The second kappa shape index (κ2) is 7.14. The number of rotatable bonds is 7. The highest BCUT2D eigenvalue weighted by Gasteiger charge is 2.44. The van der Waals surface area contributed by atoms with Gasteiger partial charge in [-0.3, -0.25) is 4.79 Å². The molecule has 0 aliphatic rings. The first kappa shape index (κ1) is 16.3. The van der Waals surface area contributed by atoms with Gasteiger partial charge in [-0.25, -0.2) is 0 Å². The zero-order valence-electron chi connectivity index (χ0n) is 10.9. The molecular weight excluding hydrogens is 275 g/mol. The van der Waals surface area contributed by atoms with Crippen molar-refractivity contribution in [2.45, 2.75) is 12.6 Å². The summed E-state index contributed by atoms with van der Waals surface area (Å²) in [6, 6.07) is 7.15. The second-order valence-corrected chi connectivity index (χ2v) is 4.20. The molecular formula is C13H16F3NO3. The van der Waals surface area contributed by atoms with Crippen molar-refractivity contribution in [3.63, 3.8) is 0 Å². The number of para-hydroxylation sites is 1. The average molecular weight is 291 g/mol. The van der Waals surface area contributed by atoms with Crippen LogP contribution in [0.25, 0.3) is 0 Å². The number of carbonyl (C=O) groups is 1. The first-order valence-electron chi connectivity index (χ1n) is 5.98. The van der Waals surface area contributed by atoms with Gasteiger partial charge in [0.05, 0.1) is 7.11 Å². The number of aliphatic carboxylic acids is 1.